The predicted octanol–water partition coefficient (Wildman–Crippen LogP) is 5.78. The Morgan fingerprint density at radius 3 is 2.60 bits per heavy atom. The number of benzene rings is 2. The number of hydrogen-bond donors (Lipinski definition) is 1. The quantitative estimate of drug-likeness (QED) is 0.651. The molecule has 1 heterocycles. The van der Waals surface area contributed by atoms with Crippen molar-refractivity contribution < 1.29 is 9.90 Å². The maximum absolute atomic E-state index is 11.8. The van der Waals surface area contributed by atoms with Crippen LogP contribution in [0, 0.1) is 0 Å². The fraction of sp³-hybridized carbons (Fsp3) is 0.316. The van der Waals surface area contributed by atoms with Crippen molar-refractivity contribution in [3.05, 3.63) is 68.1 Å². The van der Waals surface area contributed by atoms with Crippen LogP contribution in [0.5, 0.6) is 0 Å². The Morgan fingerprint density at radius 2 is 1.92 bits per heavy atom. The molecule has 6 heteroatoms. The highest BCUT2D eigenvalue weighted by atomic mass is 79.9. The molecule has 25 heavy (non-hydrogen) atoms. The molecule has 2 aromatic carbocycles. The fourth-order valence-corrected chi connectivity index (χ4v) is 4.49. The maximum Gasteiger partial charge on any atom is 0.320 e. The molecule has 0 radical (unpaired) electrons. The van der Waals surface area contributed by atoms with E-state index in [4.69, 9.17) is 23.2 Å². The summed E-state index contributed by atoms with van der Waals surface area (Å²) in [7, 11) is 0. The molecule has 1 aliphatic rings. The third kappa shape index (κ3) is 4.03. The zero-order valence-electron chi connectivity index (χ0n) is 13.5. The number of piperidine rings is 1. The molecule has 0 aromatic heterocycles. The van der Waals surface area contributed by atoms with Crippen LogP contribution in [0.1, 0.15) is 36.4 Å². The van der Waals surface area contributed by atoms with E-state index in [-0.39, 0.29) is 6.04 Å². The van der Waals surface area contributed by atoms with Gasteiger partial charge in [-0.2, -0.15) is 0 Å². The summed E-state index contributed by atoms with van der Waals surface area (Å²) in [5, 5.41) is 10.8. The first kappa shape index (κ1) is 18.7. The molecule has 132 valence electrons. The van der Waals surface area contributed by atoms with Gasteiger partial charge in [0, 0.05) is 14.5 Å². The number of carbonyl (C=O) groups is 1. The minimum absolute atomic E-state index is 0.248. The SMILES string of the molecule is O=C(O)C1CCCCN1C(c1ccc(Cl)cc1Cl)c1ccccc1Br. The lowest BCUT2D eigenvalue weighted by Gasteiger charge is -2.40. The van der Waals surface area contributed by atoms with Crippen LogP contribution in [0.25, 0.3) is 0 Å². The van der Waals surface area contributed by atoms with Crippen LogP contribution in [0.15, 0.2) is 46.9 Å². The lowest BCUT2D eigenvalue weighted by Crippen LogP contribution is -2.47. The van der Waals surface area contributed by atoms with Crippen molar-refractivity contribution in [3.8, 4) is 0 Å². The van der Waals surface area contributed by atoms with Crippen molar-refractivity contribution in [1.29, 1.82) is 0 Å². The number of aliphatic carboxylic acids is 1. The van der Waals surface area contributed by atoms with Crippen LogP contribution in [-0.2, 0) is 4.79 Å². The van der Waals surface area contributed by atoms with E-state index in [0.717, 1.165) is 28.4 Å². The van der Waals surface area contributed by atoms with Gasteiger partial charge in [0.15, 0.2) is 0 Å². The molecule has 0 aliphatic carbocycles. The van der Waals surface area contributed by atoms with Crippen LogP contribution in [0.4, 0.5) is 0 Å². The number of halogens is 3. The molecule has 3 rings (SSSR count). The maximum atomic E-state index is 11.8. The Balaban J connectivity index is 2.15. The lowest BCUT2D eigenvalue weighted by atomic mass is 9.91. The van der Waals surface area contributed by atoms with Gasteiger partial charge in [0.05, 0.1) is 6.04 Å². The van der Waals surface area contributed by atoms with Gasteiger partial charge in [-0.3, -0.25) is 9.69 Å². The van der Waals surface area contributed by atoms with Crippen molar-refractivity contribution in [2.24, 2.45) is 0 Å². The molecule has 1 aliphatic heterocycles. The standard InChI is InChI=1S/C19H18BrCl2NO2/c20-15-6-2-1-5-13(15)18(14-9-8-12(21)11-16(14)22)23-10-4-3-7-17(23)19(24)25/h1-2,5-6,8-9,11,17-18H,3-4,7,10H2,(H,24,25). The molecular formula is C19H18BrCl2NO2. The highest BCUT2D eigenvalue weighted by molar-refractivity contribution is 9.10. The summed E-state index contributed by atoms with van der Waals surface area (Å²) >= 11 is 16.2. The molecular weight excluding hydrogens is 425 g/mol. The highest BCUT2D eigenvalue weighted by Gasteiger charge is 2.36. The average Bonchev–Trinajstić information content (AvgIpc) is 2.59. The molecule has 1 N–H and O–H groups in total. The molecule has 1 saturated heterocycles. The Bertz CT molecular complexity index is 784. The van der Waals surface area contributed by atoms with Crippen molar-refractivity contribution in [2.45, 2.75) is 31.3 Å². The Labute approximate surface area is 165 Å². The van der Waals surface area contributed by atoms with Crippen LogP contribution < -0.4 is 0 Å². The van der Waals surface area contributed by atoms with Crippen molar-refractivity contribution in [2.75, 3.05) is 6.54 Å². The predicted molar refractivity (Wildman–Crippen MR) is 104 cm³/mol. The van der Waals surface area contributed by atoms with Crippen LogP contribution in [-0.4, -0.2) is 28.6 Å². The normalized spacial score (nSPS) is 19.6. The number of nitrogens with zero attached hydrogens (tertiary/aromatic N) is 1. The van der Waals surface area contributed by atoms with E-state index in [1.54, 1.807) is 12.1 Å². The van der Waals surface area contributed by atoms with Gasteiger partial charge < -0.3 is 5.11 Å². The molecule has 2 unspecified atom stereocenters. The third-order valence-electron chi connectivity index (χ3n) is 4.62. The Kier molecular flexibility index (Phi) is 6.05. The zero-order valence-corrected chi connectivity index (χ0v) is 16.6. The number of rotatable bonds is 4. The molecule has 0 spiro atoms. The summed E-state index contributed by atoms with van der Waals surface area (Å²) in [5.41, 5.74) is 1.87. The van der Waals surface area contributed by atoms with E-state index in [9.17, 15) is 9.90 Å². The van der Waals surface area contributed by atoms with Gasteiger partial charge in [-0.25, -0.2) is 0 Å². The van der Waals surface area contributed by atoms with Crippen LogP contribution in [0.3, 0.4) is 0 Å². The molecule has 2 aromatic rings. The van der Waals surface area contributed by atoms with E-state index >= 15 is 0 Å². The van der Waals surface area contributed by atoms with Gasteiger partial charge >= 0.3 is 5.97 Å². The summed E-state index contributed by atoms with van der Waals surface area (Å²) in [6, 6.07) is 12.5. The van der Waals surface area contributed by atoms with Gasteiger partial charge in [0.2, 0.25) is 0 Å². The molecule has 3 nitrogen and oxygen atoms in total. The van der Waals surface area contributed by atoms with Crippen molar-refractivity contribution >= 4 is 45.1 Å². The van der Waals surface area contributed by atoms with Gasteiger partial charge in [-0.15, -0.1) is 0 Å². The smallest absolute Gasteiger partial charge is 0.320 e. The van der Waals surface area contributed by atoms with E-state index in [1.807, 2.05) is 35.2 Å². The lowest BCUT2D eigenvalue weighted by molar-refractivity contribution is -0.145. The Morgan fingerprint density at radius 1 is 1.16 bits per heavy atom. The van der Waals surface area contributed by atoms with Gasteiger partial charge in [-0.1, -0.05) is 69.8 Å². The Hall–Kier alpha value is -1.07. The van der Waals surface area contributed by atoms with Crippen LogP contribution in [0.2, 0.25) is 10.0 Å². The summed E-state index contributed by atoms with van der Waals surface area (Å²) in [4.78, 5) is 13.9. The summed E-state index contributed by atoms with van der Waals surface area (Å²) < 4.78 is 0.931. The summed E-state index contributed by atoms with van der Waals surface area (Å²) in [6.07, 6.45) is 2.53. The van der Waals surface area contributed by atoms with E-state index in [1.165, 1.54) is 0 Å². The summed E-state index contributed by atoms with van der Waals surface area (Å²) in [6.45, 7) is 0.710. The second-order valence-electron chi connectivity index (χ2n) is 6.18. The first-order valence-electron chi connectivity index (χ1n) is 8.17. The zero-order chi connectivity index (χ0) is 18.0. The number of hydrogen-bond acceptors (Lipinski definition) is 2. The van der Waals surface area contributed by atoms with Crippen molar-refractivity contribution in [3.63, 3.8) is 0 Å². The monoisotopic (exact) mass is 441 g/mol. The topological polar surface area (TPSA) is 40.5 Å². The first-order chi connectivity index (χ1) is 12.0. The molecule has 0 bridgehead atoms. The molecule has 0 amide bonds. The first-order valence-corrected chi connectivity index (χ1v) is 9.72. The average molecular weight is 443 g/mol. The van der Waals surface area contributed by atoms with Gasteiger partial charge in [-0.05, 0) is 48.7 Å². The van der Waals surface area contributed by atoms with Gasteiger partial charge in [0.25, 0.3) is 0 Å². The van der Waals surface area contributed by atoms with Crippen LogP contribution >= 0.6 is 39.1 Å². The third-order valence-corrected chi connectivity index (χ3v) is 5.90. The minimum Gasteiger partial charge on any atom is -0.480 e. The second kappa shape index (κ2) is 8.09. The number of likely N-dealkylation sites (tertiary alicyclic amines) is 1. The van der Waals surface area contributed by atoms with E-state index in [2.05, 4.69) is 15.9 Å². The largest absolute Gasteiger partial charge is 0.480 e. The van der Waals surface area contributed by atoms with Gasteiger partial charge in [0.1, 0.15) is 6.04 Å². The molecule has 1 fully saturated rings. The number of carboxylic acids is 1. The highest BCUT2D eigenvalue weighted by Crippen LogP contribution is 2.40. The summed E-state index contributed by atoms with van der Waals surface area (Å²) in [5.74, 6) is -0.790. The molecule has 0 saturated carbocycles. The minimum atomic E-state index is -0.790. The molecule has 2 atom stereocenters. The van der Waals surface area contributed by atoms with E-state index < -0.39 is 12.0 Å². The number of carboxylic acid groups (broad SMARTS) is 1. The van der Waals surface area contributed by atoms with Crippen molar-refractivity contribution in [1.82, 2.24) is 4.90 Å². The van der Waals surface area contributed by atoms with E-state index in [0.29, 0.717) is 23.0 Å². The fourth-order valence-electron chi connectivity index (χ4n) is 3.47. The second-order valence-corrected chi connectivity index (χ2v) is 7.88.